The molecule has 0 unspecified atom stereocenters. The second kappa shape index (κ2) is 7.41. The second-order valence-corrected chi connectivity index (χ2v) is 7.96. The fourth-order valence-corrected chi connectivity index (χ4v) is 3.08. The van der Waals surface area contributed by atoms with Crippen LogP contribution in [0, 0.1) is 6.92 Å². The molecule has 0 spiro atoms. The summed E-state index contributed by atoms with van der Waals surface area (Å²) in [7, 11) is 0. The maximum Gasteiger partial charge on any atom is 0.226 e. The normalized spacial score (nSPS) is 11.5. The third-order valence-electron chi connectivity index (χ3n) is 3.15. The van der Waals surface area contributed by atoms with Gasteiger partial charge in [-0.25, -0.2) is 4.68 Å². The molecule has 124 valence electrons. The molecular formula is C17H22ClN3OS. The number of carbonyl (C=O) groups excluding carboxylic acids is 1. The highest BCUT2D eigenvalue weighted by atomic mass is 35.5. The number of nitrogens with zero attached hydrogens (tertiary/aromatic N) is 2. The lowest BCUT2D eigenvalue weighted by Crippen LogP contribution is -2.26. The van der Waals surface area contributed by atoms with Crippen molar-refractivity contribution in [3.63, 3.8) is 0 Å². The van der Waals surface area contributed by atoms with Crippen LogP contribution in [0.3, 0.4) is 0 Å². The summed E-state index contributed by atoms with van der Waals surface area (Å²) in [5, 5.41) is 8.14. The summed E-state index contributed by atoms with van der Waals surface area (Å²) in [6.45, 7) is 8.11. The maximum absolute atomic E-state index is 12.2. The number of carbonyl (C=O) groups is 1. The van der Waals surface area contributed by atoms with Crippen molar-refractivity contribution < 1.29 is 4.79 Å². The minimum atomic E-state index is -0.172. The number of thioether (sulfide) groups is 1. The summed E-state index contributed by atoms with van der Waals surface area (Å²) in [5.74, 6) is 1.46. The number of aromatic nitrogens is 2. The van der Waals surface area contributed by atoms with E-state index in [9.17, 15) is 4.79 Å². The van der Waals surface area contributed by atoms with Gasteiger partial charge in [0, 0.05) is 28.2 Å². The number of amides is 1. The number of benzene rings is 1. The molecule has 0 aliphatic heterocycles. The molecule has 0 aliphatic carbocycles. The first kappa shape index (κ1) is 17.9. The van der Waals surface area contributed by atoms with Crippen molar-refractivity contribution in [3.8, 4) is 0 Å². The monoisotopic (exact) mass is 351 g/mol. The Bertz CT molecular complexity index is 674. The van der Waals surface area contributed by atoms with E-state index >= 15 is 0 Å². The van der Waals surface area contributed by atoms with Gasteiger partial charge in [0.2, 0.25) is 5.91 Å². The molecule has 0 saturated carbocycles. The van der Waals surface area contributed by atoms with Crippen molar-refractivity contribution in [2.45, 2.75) is 44.6 Å². The SMILES string of the molecule is Cc1cc(NC(=O)CCSc2ccc(Cl)cc2)n(C(C)(C)C)n1. The van der Waals surface area contributed by atoms with Crippen LogP contribution in [0.4, 0.5) is 5.82 Å². The van der Waals surface area contributed by atoms with E-state index in [2.05, 4.69) is 31.2 Å². The molecule has 0 bridgehead atoms. The summed E-state index contributed by atoms with van der Waals surface area (Å²) >= 11 is 7.50. The maximum atomic E-state index is 12.2. The predicted molar refractivity (Wildman–Crippen MR) is 97.4 cm³/mol. The second-order valence-electron chi connectivity index (χ2n) is 6.35. The molecule has 1 N–H and O–H groups in total. The van der Waals surface area contributed by atoms with Crippen molar-refractivity contribution in [1.29, 1.82) is 0 Å². The van der Waals surface area contributed by atoms with Gasteiger partial charge < -0.3 is 5.32 Å². The van der Waals surface area contributed by atoms with E-state index < -0.39 is 0 Å². The molecule has 0 fully saturated rings. The molecule has 4 nitrogen and oxygen atoms in total. The Hall–Kier alpha value is -1.46. The summed E-state index contributed by atoms with van der Waals surface area (Å²) in [4.78, 5) is 13.3. The van der Waals surface area contributed by atoms with Gasteiger partial charge in [0.1, 0.15) is 5.82 Å². The first-order valence-corrected chi connectivity index (χ1v) is 8.87. The van der Waals surface area contributed by atoms with Crippen molar-refractivity contribution in [2.75, 3.05) is 11.1 Å². The average molecular weight is 352 g/mol. The smallest absolute Gasteiger partial charge is 0.226 e. The highest BCUT2D eigenvalue weighted by Crippen LogP contribution is 2.23. The van der Waals surface area contributed by atoms with E-state index in [1.807, 2.05) is 41.9 Å². The van der Waals surface area contributed by atoms with E-state index in [1.165, 1.54) is 0 Å². The summed E-state index contributed by atoms with van der Waals surface area (Å²) < 4.78 is 1.85. The molecule has 1 heterocycles. The van der Waals surface area contributed by atoms with Gasteiger partial charge in [0.05, 0.1) is 11.2 Å². The molecule has 0 atom stereocenters. The zero-order chi connectivity index (χ0) is 17.0. The van der Waals surface area contributed by atoms with Gasteiger partial charge in [-0.2, -0.15) is 5.10 Å². The molecule has 1 aromatic heterocycles. The van der Waals surface area contributed by atoms with Crippen LogP contribution in [0.2, 0.25) is 5.02 Å². The number of aryl methyl sites for hydroxylation is 1. The molecule has 1 amide bonds. The van der Waals surface area contributed by atoms with Gasteiger partial charge in [-0.1, -0.05) is 11.6 Å². The van der Waals surface area contributed by atoms with Gasteiger partial charge in [0.15, 0.2) is 0 Å². The number of hydrogen-bond donors (Lipinski definition) is 1. The van der Waals surface area contributed by atoms with Crippen molar-refractivity contribution in [1.82, 2.24) is 9.78 Å². The Kier molecular flexibility index (Phi) is 5.76. The lowest BCUT2D eigenvalue weighted by atomic mass is 10.1. The molecular weight excluding hydrogens is 330 g/mol. The zero-order valence-electron chi connectivity index (χ0n) is 13.9. The molecule has 2 aromatic rings. The summed E-state index contributed by atoms with van der Waals surface area (Å²) in [6.07, 6.45) is 0.446. The van der Waals surface area contributed by atoms with Gasteiger partial charge >= 0.3 is 0 Å². The van der Waals surface area contributed by atoms with Crippen LogP contribution in [-0.2, 0) is 10.3 Å². The molecule has 23 heavy (non-hydrogen) atoms. The number of halogens is 1. The van der Waals surface area contributed by atoms with Crippen molar-refractivity contribution in [2.24, 2.45) is 0 Å². The van der Waals surface area contributed by atoms with Crippen LogP contribution in [0.1, 0.15) is 32.9 Å². The number of rotatable bonds is 5. The molecule has 2 rings (SSSR count). The number of hydrogen-bond acceptors (Lipinski definition) is 3. The minimum absolute atomic E-state index is 0.00290. The number of anilines is 1. The molecule has 0 aliphatic rings. The quantitative estimate of drug-likeness (QED) is 0.793. The topological polar surface area (TPSA) is 46.9 Å². The Morgan fingerprint density at radius 1 is 1.30 bits per heavy atom. The highest BCUT2D eigenvalue weighted by molar-refractivity contribution is 7.99. The lowest BCUT2D eigenvalue weighted by Gasteiger charge is -2.22. The number of nitrogens with one attached hydrogen (secondary N) is 1. The first-order valence-electron chi connectivity index (χ1n) is 7.51. The Morgan fingerprint density at radius 3 is 2.57 bits per heavy atom. The van der Waals surface area contributed by atoms with Gasteiger partial charge in [0.25, 0.3) is 0 Å². The van der Waals surface area contributed by atoms with Crippen LogP contribution >= 0.6 is 23.4 Å². The zero-order valence-corrected chi connectivity index (χ0v) is 15.5. The van der Waals surface area contributed by atoms with Gasteiger partial charge in [-0.15, -0.1) is 11.8 Å². The fraction of sp³-hybridized carbons (Fsp3) is 0.412. The van der Waals surface area contributed by atoms with E-state index in [4.69, 9.17) is 11.6 Å². The summed E-state index contributed by atoms with van der Waals surface area (Å²) in [6, 6.07) is 9.53. The predicted octanol–water partition coefficient (Wildman–Crippen LogP) is 4.72. The van der Waals surface area contributed by atoms with Crippen LogP contribution in [0.25, 0.3) is 0 Å². The third-order valence-corrected chi connectivity index (χ3v) is 4.41. The fourth-order valence-electron chi connectivity index (χ4n) is 2.10. The van der Waals surface area contributed by atoms with E-state index in [0.717, 1.165) is 27.2 Å². The average Bonchev–Trinajstić information content (AvgIpc) is 2.82. The molecule has 1 aromatic carbocycles. The van der Waals surface area contributed by atoms with Crippen LogP contribution in [0.5, 0.6) is 0 Å². The Morgan fingerprint density at radius 2 is 1.96 bits per heavy atom. The van der Waals surface area contributed by atoms with Gasteiger partial charge in [-0.05, 0) is 52.0 Å². The Labute approximate surface area is 146 Å². The largest absolute Gasteiger partial charge is 0.311 e. The van der Waals surface area contributed by atoms with Crippen LogP contribution in [0.15, 0.2) is 35.2 Å². The van der Waals surface area contributed by atoms with E-state index in [-0.39, 0.29) is 11.4 Å². The van der Waals surface area contributed by atoms with Crippen LogP contribution < -0.4 is 5.32 Å². The standard InChI is InChI=1S/C17H22ClN3OS/c1-12-11-15(21(20-12)17(2,3)4)19-16(22)9-10-23-14-7-5-13(18)6-8-14/h5-8,11H,9-10H2,1-4H3,(H,19,22). The van der Waals surface area contributed by atoms with E-state index in [1.54, 1.807) is 11.8 Å². The first-order chi connectivity index (χ1) is 10.8. The van der Waals surface area contributed by atoms with Crippen LogP contribution in [-0.4, -0.2) is 21.4 Å². The highest BCUT2D eigenvalue weighted by Gasteiger charge is 2.19. The van der Waals surface area contributed by atoms with Crippen molar-refractivity contribution in [3.05, 3.63) is 41.0 Å². The van der Waals surface area contributed by atoms with Gasteiger partial charge in [-0.3, -0.25) is 4.79 Å². The minimum Gasteiger partial charge on any atom is -0.311 e. The van der Waals surface area contributed by atoms with E-state index in [0.29, 0.717) is 6.42 Å². The molecule has 6 heteroatoms. The lowest BCUT2D eigenvalue weighted by molar-refractivity contribution is -0.115. The summed E-state index contributed by atoms with van der Waals surface area (Å²) in [5.41, 5.74) is 0.723. The molecule has 0 saturated heterocycles. The molecule has 0 radical (unpaired) electrons. The Balaban J connectivity index is 1.89. The van der Waals surface area contributed by atoms with Crippen molar-refractivity contribution >= 4 is 35.1 Å². The third kappa shape index (κ3) is 5.29.